The summed E-state index contributed by atoms with van der Waals surface area (Å²) in [6.45, 7) is 5.45. The first kappa shape index (κ1) is 34.7. The number of rotatable bonds is 11. The lowest BCUT2D eigenvalue weighted by atomic mass is 9.95. The molecule has 1 aromatic carbocycles. The Balaban J connectivity index is 1.63. The number of likely N-dealkylation sites (tertiary alicyclic amines) is 1. The molecule has 1 aromatic heterocycles. The molecule has 12 nitrogen and oxygen atoms in total. The topological polar surface area (TPSA) is 172 Å². The summed E-state index contributed by atoms with van der Waals surface area (Å²) < 4.78 is 69.6. The van der Waals surface area contributed by atoms with Crippen molar-refractivity contribution >= 4 is 21.8 Å². The number of β-amino-alcohol motifs (C(OH)–C–C–N with tert-alkyl or cyclic N) is 1. The molecule has 1 saturated heterocycles. The van der Waals surface area contributed by atoms with Gasteiger partial charge in [-0.25, -0.2) is 8.42 Å². The predicted molar refractivity (Wildman–Crippen MR) is 164 cm³/mol. The van der Waals surface area contributed by atoms with Crippen LogP contribution in [0.1, 0.15) is 55.5 Å². The number of hydrogen-bond donors (Lipinski definition) is 4. The van der Waals surface area contributed by atoms with E-state index in [-0.39, 0.29) is 55.9 Å². The molecule has 1 unspecified atom stereocenters. The smallest absolute Gasteiger partial charge is 0.390 e. The molecule has 0 radical (unpaired) electrons. The van der Waals surface area contributed by atoms with E-state index in [0.717, 1.165) is 30.9 Å². The lowest BCUT2D eigenvalue weighted by molar-refractivity contribution is -0.138. The molecule has 45 heavy (non-hydrogen) atoms. The number of aliphatic hydroxyl groups excluding tert-OH is 1. The molecular weight excluding hydrogens is 613 g/mol. The van der Waals surface area contributed by atoms with E-state index in [1.54, 1.807) is 4.68 Å². The summed E-state index contributed by atoms with van der Waals surface area (Å²) in [5.41, 5.74) is 6.86. The lowest BCUT2D eigenvalue weighted by Gasteiger charge is -2.32. The molecule has 2 aromatic rings. The van der Waals surface area contributed by atoms with E-state index >= 15 is 0 Å². The molecule has 250 valence electrons. The van der Waals surface area contributed by atoms with Gasteiger partial charge in [0, 0.05) is 61.8 Å². The number of nitrogens with one attached hydrogen (secondary N) is 1. The van der Waals surface area contributed by atoms with Gasteiger partial charge in [-0.2, -0.15) is 27.7 Å². The number of amides is 1. The summed E-state index contributed by atoms with van der Waals surface area (Å²) in [4.78, 5) is 14.4. The lowest BCUT2D eigenvalue weighted by Crippen LogP contribution is -2.43. The van der Waals surface area contributed by atoms with Crippen molar-refractivity contribution in [2.75, 3.05) is 32.4 Å². The summed E-state index contributed by atoms with van der Waals surface area (Å²) in [5.74, 6) is 5.50. The standard InChI is InChI=1S/C29H43F3N8O4S/c1-18(2)12-26(42)35-14-21-13-20(4-5-24(21)29(30,31)32)27-23-17-39(45(3,43)44)11-8-25(23)40(37-27)16-22(41)15-38-9-6-19(7-10-38)28(33)36-34/h4-5,13,18-19,22,41H,6-12,14-17,34H2,1-3H3,(H2,33,36)(H,35,42). The molecule has 3 heterocycles. The first-order valence-corrected chi connectivity index (χ1v) is 16.9. The molecule has 6 N–H and O–H groups in total. The van der Waals surface area contributed by atoms with Crippen LogP contribution in [0.4, 0.5) is 13.2 Å². The van der Waals surface area contributed by atoms with Crippen LogP contribution < -0.4 is 16.9 Å². The summed E-state index contributed by atoms with van der Waals surface area (Å²) in [6.07, 6.45) is -2.33. The number of piperidine rings is 1. The molecule has 1 fully saturated rings. The molecule has 2 aliphatic rings. The van der Waals surface area contributed by atoms with Gasteiger partial charge in [-0.3, -0.25) is 9.48 Å². The Bertz CT molecular complexity index is 1500. The maximum atomic E-state index is 13.9. The molecule has 0 aliphatic carbocycles. The molecule has 2 aliphatic heterocycles. The predicted octanol–water partition coefficient (Wildman–Crippen LogP) is 1.85. The highest BCUT2D eigenvalue weighted by atomic mass is 32.2. The maximum Gasteiger partial charge on any atom is 0.416 e. The Morgan fingerprint density at radius 3 is 2.49 bits per heavy atom. The monoisotopic (exact) mass is 656 g/mol. The number of hydrogen-bond acceptors (Lipinski definition) is 8. The number of halogens is 3. The number of nitrogens with zero attached hydrogens (tertiary/aromatic N) is 5. The van der Waals surface area contributed by atoms with Gasteiger partial charge in [0.25, 0.3) is 0 Å². The second-order valence-corrected chi connectivity index (χ2v) is 14.3. The van der Waals surface area contributed by atoms with E-state index in [1.165, 1.54) is 16.4 Å². The Morgan fingerprint density at radius 2 is 1.89 bits per heavy atom. The van der Waals surface area contributed by atoms with Crippen LogP contribution >= 0.6 is 0 Å². The van der Waals surface area contributed by atoms with Crippen molar-refractivity contribution in [3.63, 3.8) is 0 Å². The van der Waals surface area contributed by atoms with E-state index < -0.39 is 27.9 Å². The number of sulfonamides is 1. The van der Waals surface area contributed by atoms with Gasteiger partial charge in [0.2, 0.25) is 15.9 Å². The Morgan fingerprint density at radius 1 is 1.20 bits per heavy atom. The van der Waals surface area contributed by atoms with Crippen molar-refractivity contribution in [3.8, 4) is 11.3 Å². The summed E-state index contributed by atoms with van der Waals surface area (Å²) in [5, 5.41) is 22.0. The van der Waals surface area contributed by atoms with Gasteiger partial charge in [-0.05, 0) is 49.5 Å². The second kappa shape index (κ2) is 14.1. The van der Waals surface area contributed by atoms with Crippen LogP contribution in [0.5, 0.6) is 0 Å². The van der Waals surface area contributed by atoms with Crippen LogP contribution in [0, 0.1) is 11.8 Å². The molecule has 4 rings (SSSR count). The maximum absolute atomic E-state index is 13.9. The summed E-state index contributed by atoms with van der Waals surface area (Å²) >= 11 is 0. The molecule has 1 amide bonds. The number of carbonyl (C=O) groups is 1. The van der Waals surface area contributed by atoms with Gasteiger partial charge in [0.15, 0.2) is 0 Å². The number of aromatic nitrogens is 2. The highest BCUT2D eigenvalue weighted by molar-refractivity contribution is 7.88. The van der Waals surface area contributed by atoms with Crippen molar-refractivity contribution < 1.29 is 31.5 Å². The Kier molecular flexibility index (Phi) is 10.8. The number of amidine groups is 1. The highest BCUT2D eigenvalue weighted by Gasteiger charge is 2.35. The Labute approximate surface area is 261 Å². The molecular formula is C29H43F3N8O4S. The number of nitrogens with two attached hydrogens (primary N) is 2. The highest BCUT2D eigenvalue weighted by Crippen LogP contribution is 2.37. The normalized spacial score (nSPS) is 18.3. The number of benzene rings is 1. The average molecular weight is 657 g/mol. The van der Waals surface area contributed by atoms with Gasteiger partial charge >= 0.3 is 6.18 Å². The number of alkyl halides is 3. The quantitative estimate of drug-likeness (QED) is 0.123. The van der Waals surface area contributed by atoms with Crippen LogP contribution in [0.3, 0.4) is 0 Å². The minimum absolute atomic E-state index is 0.00128. The zero-order chi connectivity index (χ0) is 33.1. The molecule has 0 bridgehead atoms. The number of hydrazone groups is 1. The molecule has 1 atom stereocenters. The zero-order valence-electron chi connectivity index (χ0n) is 25.8. The molecule has 16 heteroatoms. The minimum Gasteiger partial charge on any atom is -0.390 e. The second-order valence-electron chi connectivity index (χ2n) is 12.3. The van der Waals surface area contributed by atoms with Crippen molar-refractivity contribution in [1.82, 2.24) is 24.3 Å². The largest absolute Gasteiger partial charge is 0.416 e. The molecule has 0 saturated carbocycles. The van der Waals surface area contributed by atoms with Gasteiger partial charge in [0.1, 0.15) is 5.84 Å². The van der Waals surface area contributed by atoms with Gasteiger partial charge in [-0.1, -0.05) is 19.9 Å². The number of carbonyl (C=O) groups excluding carboxylic acids is 1. The van der Waals surface area contributed by atoms with Crippen molar-refractivity contribution in [1.29, 1.82) is 0 Å². The Hall–Kier alpha value is -3.21. The van der Waals surface area contributed by atoms with Gasteiger partial charge in [0.05, 0.1) is 30.2 Å². The van der Waals surface area contributed by atoms with Crippen molar-refractivity contribution in [2.24, 2.45) is 28.5 Å². The van der Waals surface area contributed by atoms with Crippen molar-refractivity contribution in [2.45, 2.75) is 71.4 Å². The van der Waals surface area contributed by atoms with Gasteiger partial charge in [-0.15, -0.1) is 0 Å². The summed E-state index contributed by atoms with van der Waals surface area (Å²) in [7, 11) is -3.56. The van der Waals surface area contributed by atoms with E-state index in [0.29, 0.717) is 48.7 Å². The third kappa shape index (κ3) is 8.74. The fourth-order valence-corrected chi connectivity index (χ4v) is 6.79. The van der Waals surface area contributed by atoms with Crippen molar-refractivity contribution in [3.05, 3.63) is 40.6 Å². The van der Waals surface area contributed by atoms with Gasteiger partial charge < -0.3 is 26.9 Å². The average Bonchev–Trinajstić information content (AvgIpc) is 3.32. The van der Waals surface area contributed by atoms with E-state index in [4.69, 9.17) is 16.7 Å². The summed E-state index contributed by atoms with van der Waals surface area (Å²) in [6, 6.07) is 3.62. The fraction of sp³-hybridized carbons (Fsp3) is 0.621. The van der Waals surface area contributed by atoms with Crippen LogP contribution in [0.25, 0.3) is 11.3 Å². The minimum atomic E-state index is -4.65. The molecule has 0 spiro atoms. The van der Waals surface area contributed by atoms with Crippen LogP contribution in [-0.4, -0.2) is 82.8 Å². The SMILES string of the molecule is CC(C)CC(=O)NCc1cc(-c2nn(CC(O)CN3CCC(/C(N)=N/N)CC3)c3c2CN(S(C)(=O)=O)CC3)ccc1C(F)(F)F. The van der Waals surface area contributed by atoms with Crippen LogP contribution in [-0.2, 0) is 47.0 Å². The van der Waals surface area contributed by atoms with Crippen LogP contribution in [0.15, 0.2) is 23.3 Å². The van der Waals surface area contributed by atoms with E-state index in [2.05, 4.69) is 15.3 Å². The third-order valence-corrected chi connectivity index (χ3v) is 9.58. The third-order valence-electron chi connectivity index (χ3n) is 8.33. The van der Waals surface area contributed by atoms with Crippen LogP contribution in [0.2, 0.25) is 0 Å². The fourth-order valence-electron chi connectivity index (χ4n) is 6.00. The zero-order valence-corrected chi connectivity index (χ0v) is 26.7. The van der Waals surface area contributed by atoms with E-state index in [1.807, 2.05) is 13.8 Å². The number of aliphatic hydroxyl groups is 1. The number of fused-ring (bicyclic) bond motifs is 1. The first-order valence-electron chi connectivity index (χ1n) is 15.0. The van der Waals surface area contributed by atoms with E-state index in [9.17, 15) is 31.5 Å². The first-order chi connectivity index (χ1) is 21.1.